The molecule has 2 heteroatoms. The number of hydrogen-bond donors (Lipinski definition) is 0. The van der Waals surface area contributed by atoms with E-state index in [-0.39, 0.29) is 5.56 Å². The maximum atomic E-state index is 13.5. The maximum Gasteiger partial charge on any atom is 0.259 e. The van der Waals surface area contributed by atoms with Crippen molar-refractivity contribution in [3.63, 3.8) is 0 Å². The Morgan fingerprint density at radius 1 is 0.593 bits per heavy atom. The molecule has 4 aromatic rings. The van der Waals surface area contributed by atoms with E-state index in [1.54, 1.807) is 0 Å². The van der Waals surface area contributed by atoms with Gasteiger partial charge in [0.05, 0.1) is 5.69 Å². The molecule has 27 heavy (non-hydrogen) atoms. The minimum atomic E-state index is 0.0181. The highest BCUT2D eigenvalue weighted by Gasteiger charge is 2.19. The Morgan fingerprint density at radius 2 is 1.07 bits per heavy atom. The van der Waals surface area contributed by atoms with Crippen molar-refractivity contribution >= 4 is 0 Å². The lowest BCUT2D eigenvalue weighted by Crippen LogP contribution is -2.24. The average molecular weight is 351 g/mol. The highest BCUT2D eigenvalue weighted by atomic mass is 16.1. The van der Waals surface area contributed by atoms with Crippen LogP contribution in [0.2, 0.25) is 0 Å². The summed E-state index contributed by atoms with van der Waals surface area (Å²) in [7, 11) is 0. The van der Waals surface area contributed by atoms with Crippen LogP contribution < -0.4 is 5.56 Å². The van der Waals surface area contributed by atoms with E-state index in [0.717, 1.165) is 39.2 Å². The molecular weight excluding hydrogens is 330 g/mol. The highest BCUT2D eigenvalue weighted by molar-refractivity contribution is 5.79. The lowest BCUT2D eigenvalue weighted by Gasteiger charge is -2.21. The van der Waals surface area contributed by atoms with Gasteiger partial charge in [-0.05, 0) is 48.2 Å². The molecule has 0 radical (unpaired) electrons. The van der Waals surface area contributed by atoms with Crippen LogP contribution in [0.1, 0.15) is 11.1 Å². The number of hydrogen-bond acceptors (Lipinski definition) is 1. The van der Waals surface area contributed by atoms with E-state index >= 15 is 0 Å². The van der Waals surface area contributed by atoms with Crippen molar-refractivity contribution in [2.24, 2.45) is 0 Å². The van der Waals surface area contributed by atoms with E-state index in [1.807, 2.05) is 78.2 Å². The molecule has 0 bridgehead atoms. The first-order valence-electron chi connectivity index (χ1n) is 9.11. The molecule has 0 fully saturated rings. The van der Waals surface area contributed by atoms with Crippen LogP contribution in [-0.2, 0) is 0 Å². The lowest BCUT2D eigenvalue weighted by atomic mass is 9.93. The number of nitrogens with zero attached hydrogens (tertiary/aromatic N) is 1. The number of aromatic nitrogens is 1. The molecule has 0 unspecified atom stereocenters. The second-order valence-electron chi connectivity index (χ2n) is 6.68. The first kappa shape index (κ1) is 17.0. The minimum absolute atomic E-state index is 0.0181. The summed E-state index contributed by atoms with van der Waals surface area (Å²) in [4.78, 5) is 13.5. The predicted molar refractivity (Wildman–Crippen MR) is 112 cm³/mol. The Kier molecular flexibility index (Phi) is 4.47. The van der Waals surface area contributed by atoms with Crippen LogP contribution in [0, 0.1) is 13.8 Å². The zero-order chi connectivity index (χ0) is 18.8. The van der Waals surface area contributed by atoms with Crippen molar-refractivity contribution in [1.82, 2.24) is 4.57 Å². The van der Waals surface area contributed by atoms with Crippen molar-refractivity contribution in [2.45, 2.75) is 13.8 Å². The fourth-order valence-corrected chi connectivity index (χ4v) is 3.75. The molecule has 0 saturated heterocycles. The summed E-state index contributed by atoms with van der Waals surface area (Å²) in [6.45, 7) is 4.03. The summed E-state index contributed by atoms with van der Waals surface area (Å²) in [6, 6.07) is 30.2. The molecule has 132 valence electrons. The van der Waals surface area contributed by atoms with Crippen molar-refractivity contribution < 1.29 is 0 Å². The molecule has 0 aliphatic carbocycles. The van der Waals surface area contributed by atoms with E-state index < -0.39 is 0 Å². The van der Waals surface area contributed by atoms with Gasteiger partial charge in [-0.15, -0.1) is 0 Å². The van der Waals surface area contributed by atoms with Gasteiger partial charge in [0, 0.05) is 11.3 Å². The molecule has 0 spiro atoms. The smallest absolute Gasteiger partial charge is 0.259 e. The quantitative estimate of drug-likeness (QED) is 0.458. The summed E-state index contributed by atoms with van der Waals surface area (Å²) in [6.07, 6.45) is 0. The van der Waals surface area contributed by atoms with Gasteiger partial charge >= 0.3 is 0 Å². The van der Waals surface area contributed by atoms with Crippen molar-refractivity contribution in [2.75, 3.05) is 0 Å². The van der Waals surface area contributed by atoms with Crippen LogP contribution in [-0.4, -0.2) is 4.57 Å². The van der Waals surface area contributed by atoms with Crippen LogP contribution in [0.25, 0.3) is 28.1 Å². The zero-order valence-electron chi connectivity index (χ0n) is 15.5. The Labute approximate surface area is 159 Å². The fourth-order valence-electron chi connectivity index (χ4n) is 3.75. The van der Waals surface area contributed by atoms with Crippen LogP contribution >= 0.6 is 0 Å². The lowest BCUT2D eigenvalue weighted by molar-refractivity contribution is 0.969. The number of para-hydroxylation sites is 1. The standard InChI is InChI=1S/C25H21NO/c1-18-23(20-12-6-3-7-13-20)19(2)25(27)26(22-16-10-5-11-17-22)24(18)21-14-8-4-9-15-21/h3-17H,1-2H3. The second kappa shape index (κ2) is 7.08. The molecule has 4 rings (SSSR count). The number of benzene rings is 3. The molecule has 0 aliphatic heterocycles. The van der Waals surface area contributed by atoms with Crippen LogP contribution in [0.4, 0.5) is 0 Å². The van der Waals surface area contributed by atoms with E-state index in [4.69, 9.17) is 0 Å². The molecule has 0 N–H and O–H groups in total. The van der Waals surface area contributed by atoms with Gasteiger partial charge in [0.25, 0.3) is 5.56 Å². The largest absolute Gasteiger partial charge is 0.276 e. The zero-order valence-corrected chi connectivity index (χ0v) is 15.5. The molecule has 0 atom stereocenters. The Hall–Kier alpha value is -3.39. The Morgan fingerprint density at radius 3 is 1.63 bits per heavy atom. The van der Waals surface area contributed by atoms with Gasteiger partial charge in [0.1, 0.15) is 0 Å². The number of pyridine rings is 1. The van der Waals surface area contributed by atoms with E-state index in [2.05, 4.69) is 31.2 Å². The van der Waals surface area contributed by atoms with Gasteiger partial charge in [-0.2, -0.15) is 0 Å². The first-order valence-corrected chi connectivity index (χ1v) is 9.11. The summed E-state index contributed by atoms with van der Waals surface area (Å²) in [5, 5.41) is 0. The topological polar surface area (TPSA) is 22.0 Å². The molecule has 0 saturated carbocycles. The normalized spacial score (nSPS) is 10.7. The highest BCUT2D eigenvalue weighted by Crippen LogP contribution is 2.33. The van der Waals surface area contributed by atoms with Crippen LogP contribution in [0.5, 0.6) is 0 Å². The third-order valence-corrected chi connectivity index (χ3v) is 4.98. The van der Waals surface area contributed by atoms with Gasteiger partial charge in [0.15, 0.2) is 0 Å². The van der Waals surface area contributed by atoms with Gasteiger partial charge in [-0.25, -0.2) is 0 Å². The Balaban J connectivity index is 2.14. The van der Waals surface area contributed by atoms with Crippen LogP contribution in [0.15, 0.2) is 95.8 Å². The van der Waals surface area contributed by atoms with Gasteiger partial charge < -0.3 is 0 Å². The molecular formula is C25H21NO. The second-order valence-corrected chi connectivity index (χ2v) is 6.68. The van der Waals surface area contributed by atoms with Crippen LogP contribution in [0.3, 0.4) is 0 Å². The van der Waals surface area contributed by atoms with Crippen molar-refractivity contribution in [3.8, 4) is 28.1 Å². The van der Waals surface area contributed by atoms with Gasteiger partial charge in [-0.3, -0.25) is 9.36 Å². The first-order chi connectivity index (χ1) is 13.2. The van der Waals surface area contributed by atoms with E-state index in [0.29, 0.717) is 0 Å². The predicted octanol–water partition coefficient (Wildman–Crippen LogP) is 5.79. The van der Waals surface area contributed by atoms with E-state index in [1.165, 1.54) is 0 Å². The molecule has 0 aliphatic rings. The summed E-state index contributed by atoms with van der Waals surface area (Å²) in [5.41, 5.74) is 6.84. The monoisotopic (exact) mass is 351 g/mol. The molecule has 2 nitrogen and oxygen atoms in total. The molecule has 1 heterocycles. The molecule has 0 amide bonds. The maximum absolute atomic E-state index is 13.5. The number of rotatable bonds is 3. The summed E-state index contributed by atoms with van der Waals surface area (Å²) in [5.74, 6) is 0. The van der Waals surface area contributed by atoms with Gasteiger partial charge in [-0.1, -0.05) is 78.9 Å². The third kappa shape index (κ3) is 3.00. The SMILES string of the molecule is Cc1c(-c2ccccc2)c(C)c(=O)n(-c2ccccc2)c1-c1ccccc1. The average Bonchev–Trinajstić information content (AvgIpc) is 2.73. The fraction of sp³-hybridized carbons (Fsp3) is 0.0800. The molecule has 3 aromatic carbocycles. The van der Waals surface area contributed by atoms with Crippen molar-refractivity contribution in [3.05, 3.63) is 112 Å². The third-order valence-electron chi connectivity index (χ3n) is 4.98. The van der Waals surface area contributed by atoms with Gasteiger partial charge in [0.2, 0.25) is 0 Å². The Bertz CT molecular complexity index is 1130. The summed E-state index contributed by atoms with van der Waals surface area (Å²) < 4.78 is 1.84. The molecule has 1 aromatic heterocycles. The van der Waals surface area contributed by atoms with Crippen molar-refractivity contribution in [1.29, 1.82) is 0 Å². The summed E-state index contributed by atoms with van der Waals surface area (Å²) >= 11 is 0. The minimum Gasteiger partial charge on any atom is -0.276 e. The van der Waals surface area contributed by atoms with E-state index in [9.17, 15) is 4.79 Å².